The molecule has 0 saturated carbocycles. The summed E-state index contributed by atoms with van der Waals surface area (Å²) in [6, 6.07) is 8.66. The van der Waals surface area contributed by atoms with Crippen molar-refractivity contribution < 1.29 is 22.9 Å². The zero-order valence-electron chi connectivity index (χ0n) is 15.3. The lowest BCUT2D eigenvalue weighted by Gasteiger charge is -2.23. The number of ether oxygens (including phenoxy) is 1. The van der Waals surface area contributed by atoms with Crippen LogP contribution in [0.4, 0.5) is 17.1 Å². The van der Waals surface area contributed by atoms with E-state index >= 15 is 0 Å². The number of amides is 1. The zero-order valence-corrected chi connectivity index (χ0v) is 17.7. The quantitative estimate of drug-likeness (QED) is 0.489. The van der Waals surface area contributed by atoms with Crippen molar-refractivity contribution in [3.8, 4) is 5.75 Å². The molecule has 0 aliphatic rings. The van der Waals surface area contributed by atoms with Gasteiger partial charge in [0.05, 0.1) is 18.3 Å². The van der Waals surface area contributed by atoms with Gasteiger partial charge in [-0.2, -0.15) is 0 Å². The molecule has 11 heteroatoms. The van der Waals surface area contributed by atoms with E-state index in [0.717, 1.165) is 26.7 Å². The van der Waals surface area contributed by atoms with E-state index in [1.54, 1.807) is 18.2 Å². The molecule has 0 aliphatic carbocycles. The van der Waals surface area contributed by atoms with E-state index in [9.17, 15) is 23.3 Å². The number of rotatable bonds is 7. The fourth-order valence-electron chi connectivity index (χ4n) is 2.42. The number of aryl methyl sites for hydroxylation is 1. The van der Waals surface area contributed by atoms with Gasteiger partial charge in [-0.15, -0.1) is 0 Å². The standard InChI is InChI=1S/C17H18BrN3O6S/c1-11-8-12(4-6-14(11)18)19-17(22)10-20(28(3,25)26)15-9-13(21(23)24)5-7-16(15)27-2/h4-9H,10H2,1-3H3,(H,19,22). The molecule has 0 radical (unpaired) electrons. The molecule has 9 nitrogen and oxygen atoms in total. The highest BCUT2D eigenvalue weighted by atomic mass is 79.9. The van der Waals surface area contributed by atoms with Crippen LogP contribution in [0.2, 0.25) is 0 Å². The first kappa shape index (κ1) is 21.6. The number of methoxy groups -OCH3 is 1. The predicted molar refractivity (Wildman–Crippen MR) is 109 cm³/mol. The number of carbonyl (C=O) groups excluding carboxylic acids is 1. The highest BCUT2D eigenvalue weighted by Crippen LogP contribution is 2.33. The van der Waals surface area contributed by atoms with Gasteiger partial charge in [-0.1, -0.05) is 15.9 Å². The second-order valence-corrected chi connectivity index (χ2v) is 8.66. The van der Waals surface area contributed by atoms with Crippen molar-refractivity contribution in [1.29, 1.82) is 0 Å². The number of nitro benzene ring substituents is 1. The monoisotopic (exact) mass is 471 g/mol. The molecule has 0 fully saturated rings. The smallest absolute Gasteiger partial charge is 0.271 e. The molecular formula is C17H18BrN3O6S. The third kappa shape index (κ3) is 5.20. The van der Waals surface area contributed by atoms with Crippen LogP contribution in [0.1, 0.15) is 5.56 Å². The molecule has 2 rings (SSSR count). The first-order valence-corrected chi connectivity index (χ1v) is 10.5. The maximum atomic E-state index is 12.5. The summed E-state index contributed by atoms with van der Waals surface area (Å²) in [6.45, 7) is 1.27. The highest BCUT2D eigenvalue weighted by Gasteiger charge is 2.26. The number of sulfonamides is 1. The van der Waals surface area contributed by atoms with Crippen molar-refractivity contribution in [2.75, 3.05) is 29.5 Å². The molecule has 28 heavy (non-hydrogen) atoms. The largest absolute Gasteiger partial charge is 0.495 e. The Labute approximate surface area is 170 Å². The number of hydrogen-bond donors (Lipinski definition) is 1. The molecular weight excluding hydrogens is 454 g/mol. The van der Waals surface area contributed by atoms with E-state index in [-0.39, 0.29) is 17.1 Å². The van der Waals surface area contributed by atoms with Crippen LogP contribution in [0.3, 0.4) is 0 Å². The molecule has 0 spiro atoms. The molecule has 0 heterocycles. The van der Waals surface area contributed by atoms with Gasteiger partial charge in [-0.05, 0) is 36.8 Å². The lowest BCUT2D eigenvalue weighted by atomic mass is 10.2. The van der Waals surface area contributed by atoms with Crippen LogP contribution >= 0.6 is 15.9 Å². The third-order valence-electron chi connectivity index (χ3n) is 3.77. The van der Waals surface area contributed by atoms with E-state index in [4.69, 9.17) is 4.74 Å². The van der Waals surface area contributed by atoms with Gasteiger partial charge in [0.15, 0.2) is 0 Å². The number of anilines is 2. The van der Waals surface area contributed by atoms with Crippen LogP contribution < -0.4 is 14.4 Å². The zero-order chi connectivity index (χ0) is 21.1. The molecule has 1 amide bonds. The Hall–Kier alpha value is -2.66. The Kier molecular flexibility index (Phi) is 6.62. The van der Waals surface area contributed by atoms with Crippen LogP contribution in [-0.2, 0) is 14.8 Å². The van der Waals surface area contributed by atoms with Gasteiger partial charge in [0.2, 0.25) is 15.9 Å². The second-order valence-electron chi connectivity index (χ2n) is 5.90. The van der Waals surface area contributed by atoms with Crippen LogP contribution in [0.15, 0.2) is 40.9 Å². The Balaban J connectivity index is 2.37. The molecule has 0 aliphatic heterocycles. The van der Waals surface area contributed by atoms with Crippen LogP contribution in [0.5, 0.6) is 5.75 Å². The maximum absolute atomic E-state index is 12.5. The minimum Gasteiger partial charge on any atom is -0.495 e. The van der Waals surface area contributed by atoms with Crippen molar-refractivity contribution >= 4 is 48.9 Å². The number of halogens is 1. The number of non-ortho nitro benzene ring substituents is 1. The summed E-state index contributed by atoms with van der Waals surface area (Å²) in [5.74, 6) is -0.524. The molecule has 0 aromatic heterocycles. The summed E-state index contributed by atoms with van der Waals surface area (Å²) >= 11 is 3.36. The van der Waals surface area contributed by atoms with Gasteiger partial charge in [0, 0.05) is 22.3 Å². The summed E-state index contributed by atoms with van der Waals surface area (Å²) in [5.41, 5.74) is 0.956. The summed E-state index contributed by atoms with van der Waals surface area (Å²) < 4.78 is 31.3. The summed E-state index contributed by atoms with van der Waals surface area (Å²) in [7, 11) is -2.63. The van der Waals surface area contributed by atoms with Crippen molar-refractivity contribution in [2.45, 2.75) is 6.92 Å². The Morgan fingerprint density at radius 1 is 1.29 bits per heavy atom. The molecule has 150 valence electrons. The Bertz CT molecular complexity index is 1030. The topological polar surface area (TPSA) is 119 Å². The van der Waals surface area contributed by atoms with E-state index in [1.807, 2.05) is 6.92 Å². The van der Waals surface area contributed by atoms with Crippen LogP contribution in [-0.4, -0.2) is 39.2 Å². The van der Waals surface area contributed by atoms with E-state index in [1.165, 1.54) is 19.2 Å². The average molecular weight is 472 g/mol. The third-order valence-corrected chi connectivity index (χ3v) is 5.79. The Morgan fingerprint density at radius 2 is 1.96 bits per heavy atom. The summed E-state index contributed by atoms with van der Waals surface area (Å²) in [4.78, 5) is 22.9. The number of hydrogen-bond acceptors (Lipinski definition) is 6. The predicted octanol–water partition coefficient (Wildman–Crippen LogP) is 3.08. The minimum atomic E-state index is -3.93. The lowest BCUT2D eigenvalue weighted by Crippen LogP contribution is -2.37. The number of benzene rings is 2. The van der Waals surface area contributed by atoms with Crippen molar-refractivity contribution in [1.82, 2.24) is 0 Å². The lowest BCUT2D eigenvalue weighted by molar-refractivity contribution is -0.384. The van der Waals surface area contributed by atoms with Crippen LogP contribution in [0.25, 0.3) is 0 Å². The SMILES string of the molecule is COc1ccc([N+](=O)[O-])cc1N(CC(=O)Nc1ccc(Br)c(C)c1)S(C)(=O)=O. The van der Waals surface area contributed by atoms with Gasteiger partial charge in [0.25, 0.3) is 5.69 Å². The molecule has 2 aromatic rings. The number of nitro groups is 1. The first-order chi connectivity index (χ1) is 13.0. The number of nitrogens with zero attached hydrogens (tertiary/aromatic N) is 2. The molecule has 2 aromatic carbocycles. The van der Waals surface area contributed by atoms with Gasteiger partial charge < -0.3 is 10.1 Å². The van der Waals surface area contributed by atoms with Crippen molar-refractivity contribution in [2.24, 2.45) is 0 Å². The van der Waals surface area contributed by atoms with Crippen LogP contribution in [0, 0.1) is 17.0 Å². The fourth-order valence-corrected chi connectivity index (χ4v) is 3.52. The van der Waals surface area contributed by atoms with E-state index in [2.05, 4.69) is 21.2 Å². The van der Waals surface area contributed by atoms with Gasteiger partial charge in [-0.3, -0.25) is 19.2 Å². The van der Waals surface area contributed by atoms with Crippen molar-refractivity contribution in [3.05, 3.63) is 56.5 Å². The van der Waals surface area contributed by atoms with Crippen molar-refractivity contribution in [3.63, 3.8) is 0 Å². The fraction of sp³-hybridized carbons (Fsp3) is 0.235. The van der Waals surface area contributed by atoms with E-state index in [0.29, 0.717) is 5.69 Å². The molecule has 0 atom stereocenters. The Morgan fingerprint density at radius 3 is 2.50 bits per heavy atom. The minimum absolute atomic E-state index is 0.0864. The molecule has 0 saturated heterocycles. The van der Waals surface area contributed by atoms with Gasteiger partial charge in [-0.25, -0.2) is 8.42 Å². The summed E-state index contributed by atoms with van der Waals surface area (Å²) in [5, 5.41) is 13.7. The number of nitrogens with one attached hydrogen (secondary N) is 1. The molecule has 0 bridgehead atoms. The average Bonchev–Trinajstić information content (AvgIpc) is 2.61. The van der Waals surface area contributed by atoms with Gasteiger partial charge in [0.1, 0.15) is 18.0 Å². The summed E-state index contributed by atoms with van der Waals surface area (Å²) in [6.07, 6.45) is 0.905. The van der Waals surface area contributed by atoms with Gasteiger partial charge >= 0.3 is 0 Å². The second kappa shape index (κ2) is 8.57. The highest BCUT2D eigenvalue weighted by molar-refractivity contribution is 9.10. The normalized spacial score (nSPS) is 11.0. The first-order valence-electron chi connectivity index (χ1n) is 7.89. The van der Waals surface area contributed by atoms with E-state index < -0.39 is 27.4 Å². The number of carbonyl (C=O) groups is 1. The molecule has 1 N–H and O–H groups in total. The molecule has 0 unspecified atom stereocenters. The maximum Gasteiger partial charge on any atom is 0.271 e.